The van der Waals surface area contributed by atoms with E-state index in [1.54, 1.807) is 18.2 Å². The number of methoxy groups -OCH3 is 2. The van der Waals surface area contributed by atoms with Crippen molar-refractivity contribution >= 4 is 23.6 Å². The van der Waals surface area contributed by atoms with Gasteiger partial charge in [-0.3, -0.25) is 4.79 Å². The number of rotatable bonds is 5. The Hall–Kier alpha value is -3.62. The number of benzene rings is 2. The van der Waals surface area contributed by atoms with Gasteiger partial charge in [0.25, 0.3) is 12.3 Å². The number of carbonyl (C=O) groups is 2. The molecule has 0 radical (unpaired) electrons. The van der Waals surface area contributed by atoms with Gasteiger partial charge in [-0.25, -0.2) is 13.6 Å². The molecule has 0 aromatic heterocycles. The number of para-hydroxylation sites is 1. The van der Waals surface area contributed by atoms with E-state index in [1.165, 1.54) is 25.3 Å². The maximum atomic E-state index is 13.5. The van der Waals surface area contributed by atoms with Crippen LogP contribution in [0.2, 0.25) is 0 Å². The molecule has 0 aliphatic carbocycles. The summed E-state index contributed by atoms with van der Waals surface area (Å²) in [5, 5.41) is 12.6. The summed E-state index contributed by atoms with van der Waals surface area (Å²) >= 11 is 0. The SMILES string of the molecule is COC(=O)c1cc(NC(=O)C2=Cc3ccccc3OC2C(F)F)c(O)c(OC)c1. The second-order valence-corrected chi connectivity index (χ2v) is 6.03. The number of alkyl halides is 2. The second-order valence-electron chi connectivity index (χ2n) is 6.03. The molecule has 1 aliphatic heterocycles. The number of fused-ring (bicyclic) bond motifs is 1. The maximum Gasteiger partial charge on any atom is 0.338 e. The highest BCUT2D eigenvalue weighted by Crippen LogP contribution is 2.37. The van der Waals surface area contributed by atoms with Crippen molar-refractivity contribution in [2.75, 3.05) is 19.5 Å². The van der Waals surface area contributed by atoms with E-state index < -0.39 is 30.2 Å². The van der Waals surface area contributed by atoms with Gasteiger partial charge in [0.05, 0.1) is 31.0 Å². The minimum atomic E-state index is -2.97. The van der Waals surface area contributed by atoms with Crippen LogP contribution in [-0.2, 0) is 9.53 Å². The van der Waals surface area contributed by atoms with Crippen molar-refractivity contribution in [3.8, 4) is 17.2 Å². The standard InChI is InChI=1S/C20H17F2NO6/c1-27-15-9-11(20(26)28-2)8-13(16(15)24)23-19(25)12-7-10-5-3-4-6-14(10)29-17(12)18(21)22/h3-9,17-18,24H,1-2H3,(H,23,25). The molecule has 3 rings (SSSR count). The number of phenols is 1. The highest BCUT2D eigenvalue weighted by Gasteiger charge is 2.35. The first-order chi connectivity index (χ1) is 13.8. The first kappa shape index (κ1) is 20.1. The molecule has 2 N–H and O–H groups in total. The van der Waals surface area contributed by atoms with E-state index in [4.69, 9.17) is 9.47 Å². The predicted octanol–water partition coefficient (Wildman–Crippen LogP) is 3.24. The third-order valence-electron chi connectivity index (χ3n) is 4.25. The molecule has 0 bridgehead atoms. The van der Waals surface area contributed by atoms with E-state index in [0.29, 0.717) is 5.56 Å². The maximum absolute atomic E-state index is 13.5. The minimum Gasteiger partial charge on any atom is -0.503 e. The Bertz CT molecular complexity index is 989. The van der Waals surface area contributed by atoms with Gasteiger partial charge in [-0.2, -0.15) is 0 Å². The fraction of sp³-hybridized carbons (Fsp3) is 0.200. The Morgan fingerprint density at radius 3 is 2.59 bits per heavy atom. The molecule has 0 saturated heterocycles. The monoisotopic (exact) mass is 405 g/mol. The van der Waals surface area contributed by atoms with Crippen molar-refractivity contribution in [3.05, 3.63) is 53.1 Å². The summed E-state index contributed by atoms with van der Waals surface area (Å²) in [6.45, 7) is 0. The van der Waals surface area contributed by atoms with Crippen LogP contribution in [0, 0.1) is 0 Å². The number of phenolic OH excluding ortho intramolecular Hbond substituents is 1. The quantitative estimate of drug-likeness (QED) is 0.586. The van der Waals surface area contributed by atoms with Crippen molar-refractivity contribution in [1.82, 2.24) is 0 Å². The number of aromatic hydroxyl groups is 1. The van der Waals surface area contributed by atoms with Gasteiger partial charge in [-0.15, -0.1) is 0 Å². The Morgan fingerprint density at radius 2 is 1.93 bits per heavy atom. The minimum absolute atomic E-state index is 0.0120. The van der Waals surface area contributed by atoms with E-state index in [-0.39, 0.29) is 28.3 Å². The predicted molar refractivity (Wildman–Crippen MR) is 99.5 cm³/mol. The molecule has 1 atom stereocenters. The van der Waals surface area contributed by atoms with Crippen molar-refractivity contribution in [2.24, 2.45) is 0 Å². The molecule has 1 unspecified atom stereocenters. The molecule has 0 fully saturated rings. The molecule has 0 saturated carbocycles. The smallest absolute Gasteiger partial charge is 0.338 e. The molecule has 9 heteroatoms. The Morgan fingerprint density at radius 1 is 1.21 bits per heavy atom. The third-order valence-corrected chi connectivity index (χ3v) is 4.25. The molecular weight excluding hydrogens is 388 g/mol. The third kappa shape index (κ3) is 3.98. The van der Waals surface area contributed by atoms with E-state index in [9.17, 15) is 23.5 Å². The summed E-state index contributed by atoms with van der Waals surface area (Å²) in [6, 6.07) is 8.81. The zero-order valence-corrected chi connectivity index (χ0v) is 15.4. The summed E-state index contributed by atoms with van der Waals surface area (Å²) in [5.74, 6) is -2.01. The van der Waals surface area contributed by atoms with Gasteiger partial charge in [-0.1, -0.05) is 18.2 Å². The molecule has 1 heterocycles. The largest absolute Gasteiger partial charge is 0.503 e. The van der Waals surface area contributed by atoms with Crippen LogP contribution in [0.1, 0.15) is 15.9 Å². The first-order valence-electron chi connectivity index (χ1n) is 8.41. The van der Waals surface area contributed by atoms with Crippen molar-refractivity contribution in [1.29, 1.82) is 0 Å². The van der Waals surface area contributed by atoms with E-state index in [0.717, 1.165) is 13.2 Å². The summed E-state index contributed by atoms with van der Waals surface area (Å²) in [4.78, 5) is 24.5. The molecule has 1 aliphatic rings. The average molecular weight is 405 g/mol. The molecule has 152 valence electrons. The fourth-order valence-corrected chi connectivity index (χ4v) is 2.83. The van der Waals surface area contributed by atoms with Gasteiger partial charge in [0.15, 0.2) is 17.6 Å². The van der Waals surface area contributed by atoms with Crippen molar-refractivity contribution in [3.63, 3.8) is 0 Å². The summed E-state index contributed by atoms with van der Waals surface area (Å²) in [6.07, 6.45) is -3.47. The number of anilines is 1. The van der Waals surface area contributed by atoms with Gasteiger partial charge in [0.1, 0.15) is 5.75 Å². The summed E-state index contributed by atoms with van der Waals surface area (Å²) < 4.78 is 41.9. The zero-order valence-electron chi connectivity index (χ0n) is 15.4. The van der Waals surface area contributed by atoms with E-state index in [1.807, 2.05) is 0 Å². The highest BCUT2D eigenvalue weighted by atomic mass is 19.3. The lowest BCUT2D eigenvalue weighted by molar-refractivity contribution is -0.114. The number of halogens is 2. The van der Waals surface area contributed by atoms with Gasteiger partial charge in [-0.05, 0) is 24.3 Å². The Labute approximate surface area is 164 Å². The normalized spacial score (nSPS) is 15.1. The lowest BCUT2D eigenvalue weighted by Gasteiger charge is -2.26. The molecular formula is C20H17F2NO6. The van der Waals surface area contributed by atoms with Crippen LogP contribution in [0.3, 0.4) is 0 Å². The van der Waals surface area contributed by atoms with E-state index in [2.05, 4.69) is 10.1 Å². The van der Waals surface area contributed by atoms with Crippen LogP contribution < -0.4 is 14.8 Å². The lowest BCUT2D eigenvalue weighted by Crippen LogP contribution is -2.36. The summed E-state index contributed by atoms with van der Waals surface area (Å²) in [5.41, 5.74) is -0.0928. The molecule has 0 spiro atoms. The fourth-order valence-electron chi connectivity index (χ4n) is 2.83. The van der Waals surface area contributed by atoms with Crippen molar-refractivity contribution in [2.45, 2.75) is 12.5 Å². The molecule has 7 nitrogen and oxygen atoms in total. The van der Waals surface area contributed by atoms with Crippen LogP contribution in [0.25, 0.3) is 6.08 Å². The molecule has 2 aromatic rings. The highest BCUT2D eigenvalue weighted by molar-refractivity contribution is 6.09. The van der Waals surface area contributed by atoms with Crippen LogP contribution in [0.5, 0.6) is 17.2 Å². The number of hydrogen-bond donors (Lipinski definition) is 2. The average Bonchev–Trinajstić information content (AvgIpc) is 2.73. The van der Waals surface area contributed by atoms with Gasteiger partial charge in [0.2, 0.25) is 0 Å². The molecule has 1 amide bonds. The first-order valence-corrected chi connectivity index (χ1v) is 8.41. The van der Waals surface area contributed by atoms with Gasteiger partial charge in [0, 0.05) is 5.56 Å². The second kappa shape index (κ2) is 8.17. The zero-order chi connectivity index (χ0) is 21.1. The number of ether oxygens (including phenoxy) is 3. The lowest BCUT2D eigenvalue weighted by atomic mass is 10.0. The van der Waals surface area contributed by atoms with Crippen LogP contribution in [0.4, 0.5) is 14.5 Å². The number of esters is 1. The van der Waals surface area contributed by atoms with Crippen LogP contribution >= 0.6 is 0 Å². The number of carbonyl (C=O) groups excluding carboxylic acids is 2. The number of hydrogen-bond acceptors (Lipinski definition) is 6. The summed E-state index contributed by atoms with van der Waals surface area (Å²) in [7, 11) is 2.41. The van der Waals surface area contributed by atoms with Crippen LogP contribution in [0.15, 0.2) is 42.0 Å². The van der Waals surface area contributed by atoms with Gasteiger partial charge >= 0.3 is 5.97 Å². The Balaban J connectivity index is 1.99. The van der Waals surface area contributed by atoms with Gasteiger partial charge < -0.3 is 24.6 Å². The topological polar surface area (TPSA) is 94.1 Å². The number of nitrogens with one attached hydrogen (secondary N) is 1. The number of amides is 1. The molecule has 29 heavy (non-hydrogen) atoms. The molecule has 2 aromatic carbocycles. The Kier molecular flexibility index (Phi) is 5.67. The van der Waals surface area contributed by atoms with Crippen LogP contribution in [-0.4, -0.2) is 43.7 Å². The van der Waals surface area contributed by atoms with E-state index >= 15 is 0 Å². The van der Waals surface area contributed by atoms with Crippen molar-refractivity contribution < 1.29 is 37.7 Å².